The van der Waals surface area contributed by atoms with Gasteiger partial charge in [0.2, 0.25) is 0 Å². The molecule has 0 spiro atoms. The number of hydrogen-bond acceptors (Lipinski definition) is 4. The zero-order chi connectivity index (χ0) is 12.3. The molecule has 2 N–H and O–H groups in total. The summed E-state index contributed by atoms with van der Waals surface area (Å²) in [7, 11) is 1.68. The van der Waals surface area contributed by atoms with Gasteiger partial charge in [-0.2, -0.15) is 0 Å². The van der Waals surface area contributed by atoms with Crippen LogP contribution in [0.4, 0.5) is 5.69 Å². The Morgan fingerprint density at radius 2 is 2.12 bits per heavy atom. The Bertz CT molecular complexity index is 386. The van der Waals surface area contributed by atoms with Crippen LogP contribution in [-0.2, 0) is 0 Å². The molecule has 17 heavy (non-hydrogen) atoms. The fraction of sp³-hybridized carbons (Fsp3) is 0.615. The van der Waals surface area contributed by atoms with Gasteiger partial charge in [0.05, 0.1) is 19.0 Å². The van der Waals surface area contributed by atoms with E-state index in [4.69, 9.17) is 4.74 Å². The number of nitrogens with one attached hydrogen (secondary N) is 2. The van der Waals surface area contributed by atoms with E-state index in [2.05, 4.69) is 22.5 Å². The Morgan fingerprint density at radius 3 is 2.76 bits per heavy atom. The zero-order valence-electron chi connectivity index (χ0n) is 10.8. The SMILES string of the molecule is COc1cnc(C)cc1NC1(C)CCNCC1. The van der Waals surface area contributed by atoms with Gasteiger partial charge < -0.3 is 15.4 Å². The molecule has 0 radical (unpaired) electrons. The molecule has 1 saturated heterocycles. The minimum Gasteiger partial charge on any atom is -0.493 e. The van der Waals surface area contributed by atoms with Crippen LogP contribution >= 0.6 is 0 Å². The molecule has 1 aromatic rings. The van der Waals surface area contributed by atoms with E-state index in [1.54, 1.807) is 13.3 Å². The van der Waals surface area contributed by atoms with E-state index >= 15 is 0 Å². The van der Waals surface area contributed by atoms with Crippen LogP contribution < -0.4 is 15.4 Å². The van der Waals surface area contributed by atoms with Gasteiger partial charge in [-0.25, -0.2) is 0 Å². The summed E-state index contributed by atoms with van der Waals surface area (Å²) in [6.07, 6.45) is 4.02. The monoisotopic (exact) mass is 235 g/mol. The molecule has 2 rings (SSSR count). The molecule has 0 unspecified atom stereocenters. The van der Waals surface area contributed by atoms with Gasteiger partial charge in [-0.05, 0) is 45.8 Å². The molecule has 1 aliphatic rings. The number of ether oxygens (including phenoxy) is 1. The third-order valence-electron chi connectivity index (χ3n) is 3.37. The highest BCUT2D eigenvalue weighted by Gasteiger charge is 2.27. The van der Waals surface area contributed by atoms with Crippen LogP contribution in [-0.4, -0.2) is 30.7 Å². The Hall–Kier alpha value is -1.29. The number of methoxy groups -OCH3 is 1. The summed E-state index contributed by atoms with van der Waals surface area (Å²) < 4.78 is 5.35. The lowest BCUT2D eigenvalue weighted by Gasteiger charge is -2.36. The van der Waals surface area contributed by atoms with E-state index in [0.29, 0.717) is 0 Å². The fourth-order valence-corrected chi connectivity index (χ4v) is 2.24. The lowest BCUT2D eigenvalue weighted by molar-refractivity contribution is 0.361. The third kappa shape index (κ3) is 2.88. The second-order valence-corrected chi connectivity index (χ2v) is 4.96. The van der Waals surface area contributed by atoms with E-state index in [9.17, 15) is 0 Å². The number of aromatic nitrogens is 1. The molecular formula is C13H21N3O. The molecule has 0 atom stereocenters. The molecule has 0 saturated carbocycles. The Kier molecular flexibility index (Phi) is 3.52. The van der Waals surface area contributed by atoms with Crippen LogP contribution in [0.1, 0.15) is 25.5 Å². The second kappa shape index (κ2) is 4.92. The standard InChI is InChI=1S/C13H21N3O/c1-10-8-11(12(17-3)9-15-10)16-13(2)4-6-14-7-5-13/h8-9,14H,4-7H2,1-3H3,(H,15,16). The first kappa shape index (κ1) is 12.2. The Labute approximate surface area is 103 Å². The molecule has 94 valence electrons. The summed E-state index contributed by atoms with van der Waals surface area (Å²) in [5.74, 6) is 0.815. The van der Waals surface area contributed by atoms with Crippen molar-refractivity contribution in [2.75, 3.05) is 25.5 Å². The highest BCUT2D eigenvalue weighted by Crippen LogP contribution is 2.30. The average molecular weight is 235 g/mol. The first-order valence-corrected chi connectivity index (χ1v) is 6.12. The molecular weight excluding hydrogens is 214 g/mol. The topological polar surface area (TPSA) is 46.2 Å². The smallest absolute Gasteiger partial charge is 0.160 e. The molecule has 1 aliphatic heterocycles. The fourth-order valence-electron chi connectivity index (χ4n) is 2.24. The second-order valence-electron chi connectivity index (χ2n) is 4.96. The highest BCUT2D eigenvalue weighted by molar-refractivity contribution is 5.57. The van der Waals surface area contributed by atoms with E-state index in [1.807, 2.05) is 13.0 Å². The number of pyridine rings is 1. The van der Waals surface area contributed by atoms with Gasteiger partial charge in [-0.15, -0.1) is 0 Å². The van der Waals surface area contributed by atoms with Crippen molar-refractivity contribution in [2.24, 2.45) is 0 Å². The van der Waals surface area contributed by atoms with E-state index < -0.39 is 0 Å². The molecule has 1 fully saturated rings. The van der Waals surface area contributed by atoms with E-state index in [-0.39, 0.29) is 5.54 Å². The predicted octanol–water partition coefficient (Wildman–Crippen LogP) is 1.95. The average Bonchev–Trinajstić information content (AvgIpc) is 2.29. The normalized spacial score (nSPS) is 18.8. The van der Waals surface area contributed by atoms with Gasteiger partial charge >= 0.3 is 0 Å². The summed E-state index contributed by atoms with van der Waals surface area (Å²) >= 11 is 0. The van der Waals surface area contributed by atoms with Crippen LogP contribution in [0.5, 0.6) is 5.75 Å². The number of hydrogen-bond donors (Lipinski definition) is 2. The minimum atomic E-state index is 0.145. The lowest BCUT2D eigenvalue weighted by Crippen LogP contribution is -2.45. The largest absolute Gasteiger partial charge is 0.493 e. The molecule has 4 nitrogen and oxygen atoms in total. The zero-order valence-corrected chi connectivity index (χ0v) is 10.8. The van der Waals surface area contributed by atoms with Gasteiger partial charge in [-0.1, -0.05) is 0 Å². The van der Waals surface area contributed by atoms with Crippen molar-refractivity contribution in [2.45, 2.75) is 32.2 Å². The Morgan fingerprint density at radius 1 is 1.41 bits per heavy atom. The van der Waals surface area contributed by atoms with Crippen molar-refractivity contribution in [3.05, 3.63) is 18.0 Å². The maximum atomic E-state index is 5.35. The summed E-state index contributed by atoms with van der Waals surface area (Å²) in [4.78, 5) is 4.25. The van der Waals surface area contributed by atoms with Crippen molar-refractivity contribution in [3.63, 3.8) is 0 Å². The maximum Gasteiger partial charge on any atom is 0.160 e. The third-order valence-corrected chi connectivity index (χ3v) is 3.37. The summed E-state index contributed by atoms with van der Waals surface area (Å²) in [5, 5.41) is 6.99. The van der Waals surface area contributed by atoms with Crippen LogP contribution in [0.25, 0.3) is 0 Å². The van der Waals surface area contributed by atoms with E-state index in [1.165, 1.54) is 0 Å². The molecule has 0 aromatic carbocycles. The number of aryl methyl sites for hydroxylation is 1. The molecule has 0 amide bonds. The van der Waals surface area contributed by atoms with Gasteiger partial charge in [0.1, 0.15) is 0 Å². The van der Waals surface area contributed by atoms with Gasteiger partial charge in [-0.3, -0.25) is 4.98 Å². The van der Waals surface area contributed by atoms with Gasteiger partial charge in [0, 0.05) is 11.2 Å². The van der Waals surface area contributed by atoms with Gasteiger partial charge in [0.25, 0.3) is 0 Å². The van der Waals surface area contributed by atoms with Crippen molar-refractivity contribution in [1.29, 1.82) is 0 Å². The molecule has 2 heterocycles. The summed E-state index contributed by atoms with van der Waals surface area (Å²) in [5.41, 5.74) is 2.20. The van der Waals surface area contributed by atoms with Crippen LogP contribution in [0.3, 0.4) is 0 Å². The summed E-state index contributed by atoms with van der Waals surface area (Å²) in [6.45, 7) is 6.39. The van der Waals surface area contributed by atoms with Crippen LogP contribution in [0.15, 0.2) is 12.3 Å². The Balaban J connectivity index is 2.19. The summed E-state index contributed by atoms with van der Waals surface area (Å²) in [6, 6.07) is 2.05. The number of piperidine rings is 1. The van der Waals surface area contributed by atoms with E-state index in [0.717, 1.165) is 43.1 Å². The lowest BCUT2D eigenvalue weighted by atomic mass is 9.90. The van der Waals surface area contributed by atoms with Crippen LogP contribution in [0, 0.1) is 6.92 Å². The molecule has 4 heteroatoms. The molecule has 1 aromatic heterocycles. The quantitative estimate of drug-likeness (QED) is 0.840. The predicted molar refractivity (Wildman–Crippen MR) is 69.7 cm³/mol. The molecule has 0 aliphatic carbocycles. The highest BCUT2D eigenvalue weighted by atomic mass is 16.5. The van der Waals surface area contributed by atoms with Crippen LogP contribution in [0.2, 0.25) is 0 Å². The minimum absolute atomic E-state index is 0.145. The maximum absolute atomic E-state index is 5.35. The number of nitrogens with zero attached hydrogens (tertiary/aromatic N) is 1. The molecule has 0 bridgehead atoms. The first-order valence-electron chi connectivity index (χ1n) is 6.12. The van der Waals surface area contributed by atoms with Crippen molar-refractivity contribution < 1.29 is 4.74 Å². The number of anilines is 1. The van der Waals surface area contributed by atoms with Crippen molar-refractivity contribution >= 4 is 5.69 Å². The van der Waals surface area contributed by atoms with Crippen molar-refractivity contribution in [3.8, 4) is 5.75 Å². The van der Waals surface area contributed by atoms with Gasteiger partial charge in [0.15, 0.2) is 5.75 Å². The van der Waals surface area contributed by atoms with Crippen molar-refractivity contribution in [1.82, 2.24) is 10.3 Å². The first-order chi connectivity index (χ1) is 8.13. The number of rotatable bonds is 3.